The molecule has 0 radical (unpaired) electrons. The van der Waals surface area contributed by atoms with Crippen LogP contribution in [0.25, 0.3) is 0 Å². The van der Waals surface area contributed by atoms with Crippen molar-refractivity contribution < 1.29 is 9.66 Å². The van der Waals surface area contributed by atoms with Gasteiger partial charge in [0.15, 0.2) is 0 Å². The summed E-state index contributed by atoms with van der Waals surface area (Å²) >= 11 is 0. The molecule has 0 bridgehead atoms. The number of nitrogens with zero attached hydrogens (tertiary/aromatic N) is 2. The summed E-state index contributed by atoms with van der Waals surface area (Å²) in [6, 6.07) is 6.02. The van der Waals surface area contributed by atoms with Crippen molar-refractivity contribution in [2.75, 3.05) is 6.61 Å². The molecule has 0 fully saturated rings. The van der Waals surface area contributed by atoms with Crippen LogP contribution in [0.1, 0.15) is 6.42 Å². The first kappa shape index (κ1) is 11.0. The number of nitrogens with two attached hydrogens (primary N) is 1. The predicted octanol–water partition coefficient (Wildman–Crippen LogP) is 1.31. The van der Waals surface area contributed by atoms with Crippen LogP contribution < -0.4 is 10.6 Å². The van der Waals surface area contributed by atoms with Crippen LogP contribution in [0, 0.1) is 10.1 Å². The fourth-order valence-corrected chi connectivity index (χ4v) is 0.991. The van der Waals surface area contributed by atoms with Gasteiger partial charge in [0, 0.05) is 18.7 Å². The average molecular weight is 209 g/mol. The number of nitro benzene ring substituents is 1. The summed E-state index contributed by atoms with van der Waals surface area (Å²) in [6.45, 7) is 0.391. The van der Waals surface area contributed by atoms with Crippen LogP contribution in [-0.4, -0.2) is 17.7 Å². The van der Waals surface area contributed by atoms with E-state index in [0.29, 0.717) is 18.8 Å². The van der Waals surface area contributed by atoms with Gasteiger partial charge in [-0.25, -0.2) is 0 Å². The maximum Gasteiger partial charge on any atom is 0.273 e. The van der Waals surface area contributed by atoms with E-state index in [-0.39, 0.29) is 5.69 Å². The SMILES string of the molecule is NN=CCCOc1cccc([N+](=O)[O-])c1. The van der Waals surface area contributed by atoms with Crippen LogP contribution in [0.3, 0.4) is 0 Å². The van der Waals surface area contributed by atoms with E-state index in [4.69, 9.17) is 10.6 Å². The van der Waals surface area contributed by atoms with Gasteiger partial charge >= 0.3 is 0 Å². The van der Waals surface area contributed by atoms with Crippen LogP contribution in [0.15, 0.2) is 29.4 Å². The van der Waals surface area contributed by atoms with Gasteiger partial charge in [-0.15, -0.1) is 0 Å². The Kier molecular flexibility index (Phi) is 4.08. The van der Waals surface area contributed by atoms with E-state index in [1.807, 2.05) is 0 Å². The zero-order chi connectivity index (χ0) is 11.1. The predicted molar refractivity (Wildman–Crippen MR) is 55.9 cm³/mol. The molecule has 0 atom stereocenters. The summed E-state index contributed by atoms with van der Waals surface area (Å²) in [7, 11) is 0. The molecule has 0 unspecified atom stereocenters. The third-order valence-corrected chi connectivity index (χ3v) is 1.65. The lowest BCUT2D eigenvalue weighted by molar-refractivity contribution is -0.384. The maximum atomic E-state index is 10.4. The monoisotopic (exact) mass is 209 g/mol. The largest absolute Gasteiger partial charge is 0.493 e. The molecule has 0 aliphatic heterocycles. The van der Waals surface area contributed by atoms with E-state index in [9.17, 15) is 10.1 Å². The summed E-state index contributed by atoms with van der Waals surface area (Å²) in [4.78, 5) is 9.98. The Labute approximate surface area is 86.5 Å². The summed E-state index contributed by atoms with van der Waals surface area (Å²) in [5.74, 6) is 5.36. The van der Waals surface area contributed by atoms with Gasteiger partial charge in [0.2, 0.25) is 0 Å². The molecule has 0 heterocycles. The highest BCUT2D eigenvalue weighted by Crippen LogP contribution is 2.18. The highest BCUT2D eigenvalue weighted by Gasteiger charge is 2.05. The molecule has 6 heteroatoms. The van der Waals surface area contributed by atoms with Crippen molar-refractivity contribution in [3.05, 3.63) is 34.4 Å². The first-order chi connectivity index (χ1) is 7.24. The van der Waals surface area contributed by atoms with E-state index in [0.717, 1.165) is 0 Å². The Morgan fingerprint density at radius 2 is 2.40 bits per heavy atom. The molecule has 1 aromatic carbocycles. The second-order valence-electron chi connectivity index (χ2n) is 2.72. The van der Waals surface area contributed by atoms with Crippen molar-refractivity contribution in [1.29, 1.82) is 0 Å². The highest BCUT2D eigenvalue weighted by atomic mass is 16.6. The lowest BCUT2D eigenvalue weighted by atomic mass is 10.3. The average Bonchev–Trinajstić information content (AvgIpc) is 2.25. The molecular weight excluding hydrogens is 198 g/mol. The molecular formula is C9H11N3O3. The van der Waals surface area contributed by atoms with E-state index in [2.05, 4.69) is 5.10 Å². The Hall–Kier alpha value is -2.11. The molecule has 0 aliphatic carbocycles. The van der Waals surface area contributed by atoms with Crippen molar-refractivity contribution in [3.8, 4) is 5.75 Å². The molecule has 80 valence electrons. The highest BCUT2D eigenvalue weighted by molar-refractivity contribution is 5.56. The number of hydrazone groups is 1. The van der Waals surface area contributed by atoms with Crippen LogP contribution in [0.5, 0.6) is 5.75 Å². The Balaban J connectivity index is 2.54. The first-order valence-corrected chi connectivity index (χ1v) is 4.33. The summed E-state index contributed by atoms with van der Waals surface area (Å²) < 4.78 is 5.25. The topological polar surface area (TPSA) is 90.8 Å². The Morgan fingerprint density at radius 1 is 1.60 bits per heavy atom. The van der Waals surface area contributed by atoms with E-state index in [1.54, 1.807) is 12.1 Å². The first-order valence-electron chi connectivity index (χ1n) is 4.33. The van der Waals surface area contributed by atoms with Crippen molar-refractivity contribution in [1.82, 2.24) is 0 Å². The molecule has 15 heavy (non-hydrogen) atoms. The van der Waals surface area contributed by atoms with Crippen LogP contribution >= 0.6 is 0 Å². The molecule has 1 rings (SSSR count). The standard InChI is InChI=1S/C9H11N3O3/c10-11-5-2-6-15-9-4-1-3-8(7-9)12(13)14/h1,3-5,7H,2,6,10H2. The van der Waals surface area contributed by atoms with E-state index in [1.165, 1.54) is 18.3 Å². The minimum absolute atomic E-state index is 0.0139. The maximum absolute atomic E-state index is 10.4. The van der Waals surface area contributed by atoms with Gasteiger partial charge in [0.1, 0.15) is 5.75 Å². The minimum Gasteiger partial charge on any atom is -0.493 e. The number of nitro groups is 1. The number of rotatable bonds is 5. The van der Waals surface area contributed by atoms with Crippen molar-refractivity contribution in [2.45, 2.75) is 6.42 Å². The second kappa shape index (κ2) is 5.58. The number of hydrogen-bond acceptors (Lipinski definition) is 5. The quantitative estimate of drug-likeness (QED) is 0.260. The van der Waals surface area contributed by atoms with Gasteiger partial charge in [-0.1, -0.05) is 6.07 Å². The summed E-state index contributed by atoms with van der Waals surface area (Å²) in [5.41, 5.74) is 0.0139. The zero-order valence-electron chi connectivity index (χ0n) is 8.00. The van der Waals surface area contributed by atoms with Gasteiger partial charge in [0.05, 0.1) is 17.6 Å². The number of benzene rings is 1. The second-order valence-corrected chi connectivity index (χ2v) is 2.72. The molecule has 2 N–H and O–H groups in total. The zero-order valence-corrected chi connectivity index (χ0v) is 8.00. The molecule has 1 aromatic rings. The fourth-order valence-electron chi connectivity index (χ4n) is 0.991. The van der Waals surface area contributed by atoms with Crippen LogP contribution in [-0.2, 0) is 0 Å². The van der Waals surface area contributed by atoms with Gasteiger partial charge < -0.3 is 10.6 Å². The molecule has 0 saturated heterocycles. The van der Waals surface area contributed by atoms with Gasteiger partial charge in [-0.2, -0.15) is 5.10 Å². The molecule has 6 nitrogen and oxygen atoms in total. The molecule has 0 spiro atoms. The normalized spacial score (nSPS) is 10.4. The molecule has 0 aromatic heterocycles. The molecule has 0 aliphatic rings. The number of ether oxygens (including phenoxy) is 1. The van der Waals surface area contributed by atoms with E-state index < -0.39 is 4.92 Å². The van der Waals surface area contributed by atoms with Crippen LogP contribution in [0.4, 0.5) is 5.69 Å². The van der Waals surface area contributed by atoms with Crippen molar-refractivity contribution >= 4 is 11.9 Å². The van der Waals surface area contributed by atoms with E-state index >= 15 is 0 Å². The van der Waals surface area contributed by atoms with Gasteiger partial charge in [0.25, 0.3) is 5.69 Å². The minimum atomic E-state index is -0.464. The Morgan fingerprint density at radius 3 is 3.07 bits per heavy atom. The number of hydrogen-bond donors (Lipinski definition) is 1. The molecule has 0 amide bonds. The van der Waals surface area contributed by atoms with Crippen molar-refractivity contribution in [2.24, 2.45) is 10.9 Å². The smallest absolute Gasteiger partial charge is 0.273 e. The summed E-state index contributed by atoms with van der Waals surface area (Å²) in [5, 5.41) is 13.7. The Bertz CT molecular complexity index is 365. The lowest BCUT2D eigenvalue weighted by Crippen LogP contribution is -1.99. The third-order valence-electron chi connectivity index (χ3n) is 1.65. The third kappa shape index (κ3) is 3.63. The fraction of sp³-hybridized carbons (Fsp3) is 0.222. The molecule has 0 saturated carbocycles. The van der Waals surface area contributed by atoms with Gasteiger partial charge in [-0.3, -0.25) is 10.1 Å². The number of non-ortho nitro benzene ring substituents is 1. The van der Waals surface area contributed by atoms with Crippen molar-refractivity contribution in [3.63, 3.8) is 0 Å². The summed E-state index contributed by atoms with van der Waals surface area (Å²) in [6.07, 6.45) is 2.08. The van der Waals surface area contributed by atoms with Gasteiger partial charge in [-0.05, 0) is 6.07 Å². The lowest BCUT2D eigenvalue weighted by Gasteiger charge is -2.02. The van der Waals surface area contributed by atoms with Crippen LogP contribution in [0.2, 0.25) is 0 Å².